The van der Waals surface area contributed by atoms with Crippen molar-refractivity contribution in [1.29, 1.82) is 0 Å². The van der Waals surface area contributed by atoms with Gasteiger partial charge in [-0.15, -0.1) is 0 Å². The van der Waals surface area contributed by atoms with E-state index in [1.54, 1.807) is 12.1 Å². The van der Waals surface area contributed by atoms with Crippen LogP contribution in [0.1, 0.15) is 0 Å². The van der Waals surface area contributed by atoms with Gasteiger partial charge in [0.1, 0.15) is 5.75 Å². The molecule has 0 radical (unpaired) electrons. The van der Waals surface area contributed by atoms with E-state index in [9.17, 15) is 5.11 Å². The van der Waals surface area contributed by atoms with Crippen LogP contribution in [0.5, 0.6) is 5.75 Å². The molecule has 0 aliphatic rings. The van der Waals surface area contributed by atoms with Crippen LogP contribution in [0.4, 0.5) is 11.4 Å². The molecule has 0 heterocycles. The number of nitrogens with one attached hydrogen (secondary N) is 1. The molecular formula is C16H12BrNO. The molecular weight excluding hydrogens is 302 g/mol. The number of rotatable bonds is 2. The van der Waals surface area contributed by atoms with Crippen molar-refractivity contribution in [2.75, 3.05) is 5.32 Å². The lowest BCUT2D eigenvalue weighted by Crippen LogP contribution is -1.89. The number of hydrogen-bond donors (Lipinski definition) is 2. The van der Waals surface area contributed by atoms with E-state index in [2.05, 4.69) is 45.5 Å². The van der Waals surface area contributed by atoms with Gasteiger partial charge >= 0.3 is 0 Å². The number of benzene rings is 3. The van der Waals surface area contributed by atoms with Crippen LogP contribution >= 0.6 is 15.9 Å². The molecule has 2 nitrogen and oxygen atoms in total. The fourth-order valence-corrected chi connectivity index (χ4v) is 2.38. The zero-order valence-electron chi connectivity index (χ0n) is 10.1. The van der Waals surface area contributed by atoms with Gasteiger partial charge in [0.2, 0.25) is 0 Å². The van der Waals surface area contributed by atoms with Crippen molar-refractivity contribution in [2.24, 2.45) is 0 Å². The van der Waals surface area contributed by atoms with Gasteiger partial charge in [-0.1, -0.05) is 28.1 Å². The molecule has 0 spiro atoms. The molecule has 3 rings (SSSR count). The van der Waals surface area contributed by atoms with E-state index < -0.39 is 0 Å². The first kappa shape index (κ1) is 12.1. The molecule has 2 N–H and O–H groups in total. The molecule has 94 valence electrons. The standard InChI is InChI=1S/C16H12BrNO/c17-13-3-1-12-10-15(4-2-11(12)9-13)18-14-5-7-16(19)8-6-14/h1-10,18-19H. The number of halogens is 1. The highest BCUT2D eigenvalue weighted by Gasteiger charge is 1.99. The first-order chi connectivity index (χ1) is 9.20. The molecule has 0 saturated carbocycles. The first-order valence-corrected chi connectivity index (χ1v) is 6.75. The van der Waals surface area contributed by atoms with Gasteiger partial charge in [0, 0.05) is 15.8 Å². The fraction of sp³-hybridized carbons (Fsp3) is 0. The normalized spacial score (nSPS) is 10.6. The van der Waals surface area contributed by atoms with Crippen LogP contribution in [0.25, 0.3) is 10.8 Å². The van der Waals surface area contributed by atoms with E-state index in [1.807, 2.05) is 24.3 Å². The van der Waals surface area contributed by atoms with Gasteiger partial charge in [-0.25, -0.2) is 0 Å². The lowest BCUT2D eigenvalue weighted by Gasteiger charge is -2.08. The summed E-state index contributed by atoms with van der Waals surface area (Å²) < 4.78 is 1.08. The van der Waals surface area contributed by atoms with Crippen LogP contribution in [0.15, 0.2) is 65.1 Å². The highest BCUT2D eigenvalue weighted by molar-refractivity contribution is 9.10. The van der Waals surface area contributed by atoms with Crippen molar-refractivity contribution in [3.63, 3.8) is 0 Å². The summed E-state index contributed by atoms with van der Waals surface area (Å²) in [5.74, 6) is 0.272. The Morgan fingerprint density at radius 2 is 1.37 bits per heavy atom. The fourth-order valence-electron chi connectivity index (χ4n) is 2.01. The maximum Gasteiger partial charge on any atom is 0.115 e. The van der Waals surface area contributed by atoms with E-state index in [-0.39, 0.29) is 5.75 Å². The lowest BCUT2D eigenvalue weighted by molar-refractivity contribution is 0.475. The van der Waals surface area contributed by atoms with Crippen molar-refractivity contribution in [1.82, 2.24) is 0 Å². The third-order valence-corrected chi connectivity index (χ3v) is 3.45. The Balaban J connectivity index is 1.93. The molecule has 0 aliphatic carbocycles. The predicted octanol–water partition coefficient (Wildman–Crippen LogP) is 5.05. The summed E-state index contributed by atoms with van der Waals surface area (Å²) in [6.45, 7) is 0. The Kier molecular flexibility index (Phi) is 3.13. The van der Waals surface area contributed by atoms with Gasteiger partial charge < -0.3 is 10.4 Å². The summed E-state index contributed by atoms with van der Waals surface area (Å²) in [6, 6.07) is 19.5. The smallest absolute Gasteiger partial charge is 0.115 e. The van der Waals surface area contributed by atoms with Crippen molar-refractivity contribution in [2.45, 2.75) is 0 Å². The minimum atomic E-state index is 0.272. The van der Waals surface area contributed by atoms with Gasteiger partial charge in [0.15, 0.2) is 0 Å². The minimum absolute atomic E-state index is 0.272. The van der Waals surface area contributed by atoms with Crippen molar-refractivity contribution in [3.8, 4) is 5.75 Å². The lowest BCUT2D eigenvalue weighted by atomic mass is 10.1. The molecule has 19 heavy (non-hydrogen) atoms. The average Bonchev–Trinajstić information content (AvgIpc) is 2.42. The molecule has 0 saturated heterocycles. The van der Waals surface area contributed by atoms with Gasteiger partial charge in [-0.3, -0.25) is 0 Å². The zero-order chi connectivity index (χ0) is 13.2. The molecule has 0 atom stereocenters. The van der Waals surface area contributed by atoms with E-state index in [4.69, 9.17) is 0 Å². The number of fused-ring (bicyclic) bond motifs is 1. The second-order valence-electron chi connectivity index (χ2n) is 4.38. The SMILES string of the molecule is Oc1ccc(Nc2ccc3cc(Br)ccc3c2)cc1. The van der Waals surface area contributed by atoms with Crippen molar-refractivity contribution in [3.05, 3.63) is 65.1 Å². The summed E-state index contributed by atoms with van der Waals surface area (Å²) in [6.07, 6.45) is 0. The summed E-state index contributed by atoms with van der Waals surface area (Å²) in [5.41, 5.74) is 1.98. The highest BCUT2D eigenvalue weighted by atomic mass is 79.9. The van der Waals surface area contributed by atoms with Crippen LogP contribution in [-0.4, -0.2) is 5.11 Å². The molecule has 0 bridgehead atoms. The van der Waals surface area contributed by atoms with E-state index in [0.717, 1.165) is 15.8 Å². The van der Waals surface area contributed by atoms with Crippen molar-refractivity contribution >= 4 is 38.1 Å². The van der Waals surface area contributed by atoms with Crippen LogP contribution in [0.3, 0.4) is 0 Å². The largest absolute Gasteiger partial charge is 0.508 e. The Hall–Kier alpha value is -2.00. The van der Waals surface area contributed by atoms with Crippen LogP contribution in [0.2, 0.25) is 0 Å². The summed E-state index contributed by atoms with van der Waals surface area (Å²) in [4.78, 5) is 0. The number of anilines is 2. The number of aromatic hydroxyl groups is 1. The summed E-state index contributed by atoms with van der Waals surface area (Å²) in [7, 11) is 0. The maximum atomic E-state index is 9.26. The zero-order valence-corrected chi connectivity index (χ0v) is 11.7. The van der Waals surface area contributed by atoms with Gasteiger partial charge in [-0.05, 0) is 59.3 Å². The molecule has 0 aliphatic heterocycles. The van der Waals surface area contributed by atoms with E-state index in [0.29, 0.717) is 0 Å². The molecule has 0 amide bonds. The predicted molar refractivity (Wildman–Crippen MR) is 83.0 cm³/mol. The van der Waals surface area contributed by atoms with E-state index >= 15 is 0 Å². The number of phenolic OH excluding ortho intramolecular Hbond substituents is 1. The molecule has 3 aromatic rings. The van der Waals surface area contributed by atoms with Gasteiger partial charge in [-0.2, -0.15) is 0 Å². The Bertz CT molecular complexity index is 722. The van der Waals surface area contributed by atoms with Gasteiger partial charge in [0.05, 0.1) is 0 Å². The van der Waals surface area contributed by atoms with Crippen LogP contribution in [-0.2, 0) is 0 Å². The number of hydrogen-bond acceptors (Lipinski definition) is 2. The monoisotopic (exact) mass is 313 g/mol. The van der Waals surface area contributed by atoms with Crippen molar-refractivity contribution < 1.29 is 5.11 Å². The second kappa shape index (κ2) is 4.94. The molecule has 0 aromatic heterocycles. The summed E-state index contributed by atoms with van der Waals surface area (Å²) >= 11 is 3.47. The molecule has 3 heteroatoms. The molecule has 0 unspecified atom stereocenters. The third kappa shape index (κ3) is 2.71. The Morgan fingerprint density at radius 1 is 0.737 bits per heavy atom. The quantitative estimate of drug-likeness (QED) is 0.649. The second-order valence-corrected chi connectivity index (χ2v) is 5.29. The highest BCUT2D eigenvalue weighted by Crippen LogP contribution is 2.25. The molecule has 0 fully saturated rings. The van der Waals surface area contributed by atoms with Crippen LogP contribution < -0.4 is 5.32 Å². The minimum Gasteiger partial charge on any atom is -0.508 e. The summed E-state index contributed by atoms with van der Waals surface area (Å²) in [5, 5.41) is 15.0. The topological polar surface area (TPSA) is 32.3 Å². The third-order valence-electron chi connectivity index (χ3n) is 2.96. The number of phenols is 1. The molecule has 3 aromatic carbocycles. The van der Waals surface area contributed by atoms with Gasteiger partial charge in [0.25, 0.3) is 0 Å². The van der Waals surface area contributed by atoms with Crippen LogP contribution in [0, 0.1) is 0 Å². The Labute approximate surface area is 119 Å². The average molecular weight is 314 g/mol. The Morgan fingerprint density at radius 3 is 2.16 bits per heavy atom. The maximum absolute atomic E-state index is 9.26. The van der Waals surface area contributed by atoms with E-state index in [1.165, 1.54) is 10.8 Å². The first-order valence-electron chi connectivity index (χ1n) is 5.96.